The van der Waals surface area contributed by atoms with E-state index in [1.807, 2.05) is 12.1 Å². The molecule has 10 aromatic carbocycles. The number of fused-ring (bicyclic) bond motifs is 6. The van der Waals surface area contributed by atoms with Gasteiger partial charge in [0.05, 0.1) is 5.69 Å². The molecule has 1 aromatic heterocycles. The van der Waals surface area contributed by atoms with E-state index >= 15 is 0 Å². The topological polar surface area (TPSA) is 16.4 Å². The SMILES string of the molecule is Cc1cc(N(c2ccc3c(c2)oc2ccccc23)c2ccc(-c3cccc4ccccc34)c3ccccc23)ccc1-c1cccc2cccc(-c3ccccc3)c12. The van der Waals surface area contributed by atoms with Crippen molar-refractivity contribution in [3.8, 4) is 33.4 Å². The van der Waals surface area contributed by atoms with Crippen molar-refractivity contribution in [2.24, 2.45) is 0 Å². The predicted molar refractivity (Wildman–Crippen MR) is 242 cm³/mol. The molecule has 0 radical (unpaired) electrons. The van der Waals surface area contributed by atoms with E-state index in [-0.39, 0.29) is 0 Å². The van der Waals surface area contributed by atoms with Gasteiger partial charge in [-0.1, -0.05) is 164 Å². The van der Waals surface area contributed by atoms with Crippen molar-refractivity contribution in [3.05, 3.63) is 212 Å². The molecule has 11 rings (SSSR count). The normalized spacial score (nSPS) is 11.6. The highest BCUT2D eigenvalue weighted by molar-refractivity contribution is 6.12. The van der Waals surface area contributed by atoms with Crippen LogP contribution in [0.1, 0.15) is 5.56 Å². The molecule has 268 valence electrons. The second kappa shape index (κ2) is 13.4. The van der Waals surface area contributed by atoms with Crippen molar-refractivity contribution in [3.63, 3.8) is 0 Å². The molecular formula is C55H37NO. The Kier molecular flexibility index (Phi) is 7.75. The molecule has 0 saturated carbocycles. The van der Waals surface area contributed by atoms with Gasteiger partial charge in [-0.2, -0.15) is 0 Å². The van der Waals surface area contributed by atoms with Crippen molar-refractivity contribution < 1.29 is 4.42 Å². The van der Waals surface area contributed by atoms with Gasteiger partial charge in [-0.3, -0.25) is 0 Å². The molecule has 0 aliphatic carbocycles. The number of rotatable bonds is 6. The molecule has 0 spiro atoms. The van der Waals surface area contributed by atoms with Crippen LogP contribution in [0.2, 0.25) is 0 Å². The van der Waals surface area contributed by atoms with E-state index in [0.717, 1.165) is 39.0 Å². The quantitative estimate of drug-likeness (QED) is 0.170. The third-order valence-corrected chi connectivity index (χ3v) is 11.6. The third kappa shape index (κ3) is 5.49. The summed E-state index contributed by atoms with van der Waals surface area (Å²) in [6.45, 7) is 2.24. The van der Waals surface area contributed by atoms with Crippen LogP contribution in [-0.2, 0) is 0 Å². The molecule has 1 heterocycles. The first kappa shape index (κ1) is 33.0. The second-order valence-electron chi connectivity index (χ2n) is 14.9. The monoisotopic (exact) mass is 727 g/mol. The Morgan fingerprint density at radius 3 is 1.75 bits per heavy atom. The van der Waals surface area contributed by atoms with E-state index in [0.29, 0.717) is 0 Å². The fourth-order valence-corrected chi connectivity index (χ4v) is 8.97. The van der Waals surface area contributed by atoms with E-state index in [1.165, 1.54) is 71.3 Å². The number of hydrogen-bond acceptors (Lipinski definition) is 2. The second-order valence-corrected chi connectivity index (χ2v) is 14.9. The molecule has 11 aromatic rings. The van der Waals surface area contributed by atoms with Gasteiger partial charge in [0.2, 0.25) is 0 Å². The lowest BCUT2D eigenvalue weighted by molar-refractivity contribution is 0.669. The number of para-hydroxylation sites is 1. The third-order valence-electron chi connectivity index (χ3n) is 11.6. The maximum atomic E-state index is 6.48. The molecule has 0 fully saturated rings. The summed E-state index contributed by atoms with van der Waals surface area (Å²) in [6.07, 6.45) is 0. The van der Waals surface area contributed by atoms with Crippen molar-refractivity contribution in [2.45, 2.75) is 6.92 Å². The average molecular weight is 728 g/mol. The number of anilines is 3. The van der Waals surface area contributed by atoms with Crippen molar-refractivity contribution in [1.82, 2.24) is 0 Å². The Labute approximate surface area is 331 Å². The molecule has 0 bridgehead atoms. The Hall–Kier alpha value is -7.42. The summed E-state index contributed by atoms with van der Waals surface area (Å²) < 4.78 is 6.48. The minimum atomic E-state index is 0.868. The number of nitrogens with zero attached hydrogens (tertiary/aromatic N) is 1. The molecule has 0 unspecified atom stereocenters. The summed E-state index contributed by atoms with van der Waals surface area (Å²) >= 11 is 0. The van der Waals surface area contributed by atoms with Gasteiger partial charge in [0, 0.05) is 33.6 Å². The average Bonchev–Trinajstić information content (AvgIpc) is 3.64. The number of benzene rings is 10. The van der Waals surface area contributed by atoms with Gasteiger partial charge >= 0.3 is 0 Å². The first-order valence-corrected chi connectivity index (χ1v) is 19.6. The van der Waals surface area contributed by atoms with Crippen molar-refractivity contribution in [2.75, 3.05) is 4.90 Å². The Morgan fingerprint density at radius 2 is 0.930 bits per heavy atom. The molecule has 0 N–H and O–H groups in total. The van der Waals surface area contributed by atoms with E-state index in [2.05, 4.69) is 206 Å². The van der Waals surface area contributed by atoms with Crippen LogP contribution in [0.4, 0.5) is 17.1 Å². The first-order valence-electron chi connectivity index (χ1n) is 19.6. The summed E-state index contributed by atoms with van der Waals surface area (Å²) in [5, 5.41) is 9.61. The van der Waals surface area contributed by atoms with Crippen LogP contribution in [0.25, 0.3) is 87.6 Å². The highest BCUT2D eigenvalue weighted by Gasteiger charge is 2.21. The van der Waals surface area contributed by atoms with E-state index < -0.39 is 0 Å². The summed E-state index contributed by atoms with van der Waals surface area (Å²) in [5.74, 6) is 0. The lowest BCUT2D eigenvalue weighted by Gasteiger charge is -2.28. The molecule has 0 atom stereocenters. The molecule has 0 saturated heterocycles. The molecule has 2 nitrogen and oxygen atoms in total. The fourth-order valence-electron chi connectivity index (χ4n) is 8.97. The lowest BCUT2D eigenvalue weighted by Crippen LogP contribution is -2.11. The zero-order valence-corrected chi connectivity index (χ0v) is 31.5. The van der Waals surface area contributed by atoms with Crippen LogP contribution >= 0.6 is 0 Å². The minimum absolute atomic E-state index is 0.868. The van der Waals surface area contributed by atoms with Crippen LogP contribution in [0.15, 0.2) is 211 Å². The smallest absolute Gasteiger partial charge is 0.137 e. The summed E-state index contributed by atoms with van der Waals surface area (Å²) in [4.78, 5) is 2.40. The van der Waals surface area contributed by atoms with E-state index in [1.54, 1.807) is 0 Å². The van der Waals surface area contributed by atoms with Gasteiger partial charge in [0.15, 0.2) is 0 Å². The Balaban J connectivity index is 1.12. The molecule has 2 heteroatoms. The zero-order valence-electron chi connectivity index (χ0n) is 31.5. The maximum absolute atomic E-state index is 6.48. The standard InChI is InChI=1S/C55H37NO/c1-36-34-40(28-30-42(36)51-26-13-19-39-18-12-24-44(55(39)51)38-14-3-2-4-15-38)56(41-29-31-50-49-23-9-10-27-53(49)57-54(50)35-41)52-33-32-47(46-21-7-8-22-48(46)52)45-25-11-17-37-16-5-6-20-43(37)45/h2-35H,1H3. The van der Waals surface area contributed by atoms with Crippen LogP contribution in [0.5, 0.6) is 0 Å². The van der Waals surface area contributed by atoms with E-state index in [4.69, 9.17) is 4.42 Å². The zero-order chi connectivity index (χ0) is 37.9. The van der Waals surface area contributed by atoms with Crippen molar-refractivity contribution in [1.29, 1.82) is 0 Å². The Morgan fingerprint density at radius 1 is 0.351 bits per heavy atom. The van der Waals surface area contributed by atoms with Gasteiger partial charge in [-0.15, -0.1) is 0 Å². The van der Waals surface area contributed by atoms with Gasteiger partial charge in [-0.25, -0.2) is 0 Å². The highest BCUT2D eigenvalue weighted by atomic mass is 16.3. The number of aryl methyl sites for hydroxylation is 1. The lowest BCUT2D eigenvalue weighted by atomic mass is 9.89. The molecule has 0 aliphatic rings. The fraction of sp³-hybridized carbons (Fsp3) is 0.0182. The largest absolute Gasteiger partial charge is 0.456 e. The van der Waals surface area contributed by atoms with E-state index in [9.17, 15) is 0 Å². The molecule has 57 heavy (non-hydrogen) atoms. The van der Waals surface area contributed by atoms with Crippen molar-refractivity contribution >= 4 is 71.3 Å². The summed E-state index contributed by atoms with van der Waals surface area (Å²) in [5.41, 5.74) is 13.6. The minimum Gasteiger partial charge on any atom is -0.456 e. The molecule has 0 aliphatic heterocycles. The van der Waals surface area contributed by atoms with Crippen LogP contribution in [0.3, 0.4) is 0 Å². The summed E-state index contributed by atoms with van der Waals surface area (Å²) in [7, 11) is 0. The first-order chi connectivity index (χ1) is 28.2. The van der Waals surface area contributed by atoms with Crippen LogP contribution in [-0.4, -0.2) is 0 Å². The van der Waals surface area contributed by atoms with Crippen LogP contribution in [0, 0.1) is 6.92 Å². The maximum Gasteiger partial charge on any atom is 0.137 e. The Bertz CT molecular complexity index is 3310. The highest BCUT2D eigenvalue weighted by Crippen LogP contribution is 2.46. The van der Waals surface area contributed by atoms with Gasteiger partial charge in [0.25, 0.3) is 0 Å². The van der Waals surface area contributed by atoms with Gasteiger partial charge in [0.1, 0.15) is 11.2 Å². The van der Waals surface area contributed by atoms with Gasteiger partial charge < -0.3 is 9.32 Å². The predicted octanol–water partition coefficient (Wildman–Crippen LogP) is 15.8. The summed E-state index contributed by atoms with van der Waals surface area (Å²) in [6, 6.07) is 74.5. The van der Waals surface area contributed by atoms with Gasteiger partial charge in [-0.05, 0) is 109 Å². The number of hydrogen-bond donors (Lipinski definition) is 0. The van der Waals surface area contributed by atoms with Crippen LogP contribution < -0.4 is 4.90 Å². The number of furan rings is 1. The molecule has 0 amide bonds. The molecular weight excluding hydrogens is 691 g/mol.